The minimum absolute atomic E-state index is 0.297. The first-order valence-electron chi connectivity index (χ1n) is 6.83. The lowest BCUT2D eigenvalue weighted by Gasteiger charge is -2.26. The lowest BCUT2D eigenvalue weighted by Crippen LogP contribution is -2.33. The van der Waals surface area contributed by atoms with Crippen LogP contribution in [0.15, 0.2) is 48.5 Å². The van der Waals surface area contributed by atoms with E-state index in [1.165, 1.54) is 16.7 Å². The van der Waals surface area contributed by atoms with Crippen LogP contribution in [0.4, 0.5) is 0 Å². The maximum absolute atomic E-state index is 5.92. The van der Waals surface area contributed by atoms with E-state index in [-0.39, 0.29) is 0 Å². The highest BCUT2D eigenvalue weighted by Crippen LogP contribution is 2.23. The van der Waals surface area contributed by atoms with Crippen LogP contribution in [-0.4, -0.2) is 13.2 Å². The Morgan fingerprint density at radius 1 is 1.16 bits per heavy atom. The first-order valence-corrected chi connectivity index (χ1v) is 6.83. The van der Waals surface area contributed by atoms with Gasteiger partial charge in [-0.05, 0) is 48.7 Å². The number of aryl methyl sites for hydroxylation is 1. The van der Waals surface area contributed by atoms with Gasteiger partial charge in [-0.2, -0.15) is 0 Å². The molecule has 1 aliphatic rings. The van der Waals surface area contributed by atoms with Gasteiger partial charge >= 0.3 is 0 Å². The van der Waals surface area contributed by atoms with E-state index in [1.54, 1.807) is 0 Å². The summed E-state index contributed by atoms with van der Waals surface area (Å²) in [4.78, 5) is 0. The van der Waals surface area contributed by atoms with E-state index in [1.807, 2.05) is 12.1 Å². The van der Waals surface area contributed by atoms with Crippen LogP contribution >= 0.6 is 0 Å². The van der Waals surface area contributed by atoms with Crippen molar-refractivity contribution in [3.8, 4) is 5.75 Å². The second-order valence-corrected chi connectivity index (χ2v) is 5.08. The molecule has 1 unspecified atom stereocenters. The molecular formula is C17H19NO. The Morgan fingerprint density at radius 3 is 2.95 bits per heavy atom. The topological polar surface area (TPSA) is 21.3 Å². The summed E-state index contributed by atoms with van der Waals surface area (Å²) < 4.78 is 5.92. The van der Waals surface area contributed by atoms with Gasteiger partial charge in [0.25, 0.3) is 0 Å². The van der Waals surface area contributed by atoms with Gasteiger partial charge in [0.15, 0.2) is 0 Å². The van der Waals surface area contributed by atoms with Crippen molar-refractivity contribution >= 4 is 0 Å². The third-order valence-electron chi connectivity index (χ3n) is 3.62. The lowest BCUT2D eigenvalue weighted by atomic mass is 9.95. The van der Waals surface area contributed by atoms with Crippen molar-refractivity contribution in [3.63, 3.8) is 0 Å². The smallest absolute Gasteiger partial charge is 0.119 e. The summed E-state index contributed by atoms with van der Waals surface area (Å²) in [5.74, 6) is 0.949. The molecule has 0 fully saturated rings. The molecule has 3 rings (SSSR count). The predicted octanol–water partition coefficient (Wildman–Crippen LogP) is 3.26. The molecule has 0 aliphatic carbocycles. The molecule has 0 aromatic heterocycles. The van der Waals surface area contributed by atoms with Crippen molar-refractivity contribution in [1.82, 2.24) is 5.32 Å². The van der Waals surface area contributed by atoms with Crippen LogP contribution in [0.3, 0.4) is 0 Å². The minimum Gasteiger partial charge on any atom is -0.492 e. The Balaban J connectivity index is 1.71. The molecule has 2 heteroatoms. The van der Waals surface area contributed by atoms with Gasteiger partial charge in [0.2, 0.25) is 0 Å². The molecule has 2 aromatic carbocycles. The molecule has 0 spiro atoms. The average Bonchev–Trinajstić information content (AvgIpc) is 2.45. The van der Waals surface area contributed by atoms with E-state index in [0.29, 0.717) is 12.6 Å². The quantitative estimate of drug-likeness (QED) is 0.906. The summed E-state index contributed by atoms with van der Waals surface area (Å²) in [6, 6.07) is 17.1. The first kappa shape index (κ1) is 12.2. The Hall–Kier alpha value is -1.80. The summed E-state index contributed by atoms with van der Waals surface area (Å²) in [6.07, 6.45) is 1.11. The summed E-state index contributed by atoms with van der Waals surface area (Å²) in [5, 5.41) is 3.54. The van der Waals surface area contributed by atoms with Crippen molar-refractivity contribution < 1.29 is 4.74 Å². The summed E-state index contributed by atoms with van der Waals surface area (Å²) >= 11 is 0. The number of nitrogens with one attached hydrogen (secondary N) is 1. The number of rotatable bonds is 3. The molecule has 0 bridgehead atoms. The molecule has 98 valence electrons. The highest BCUT2D eigenvalue weighted by molar-refractivity contribution is 5.33. The molecular weight excluding hydrogens is 234 g/mol. The fourth-order valence-corrected chi connectivity index (χ4v) is 2.63. The van der Waals surface area contributed by atoms with E-state index in [0.717, 1.165) is 18.7 Å². The second kappa shape index (κ2) is 5.45. The zero-order chi connectivity index (χ0) is 13.1. The van der Waals surface area contributed by atoms with E-state index in [9.17, 15) is 0 Å². The standard InChI is InChI=1S/C17H19NO/c1-13-5-4-7-15(11-13)19-12-17-16-8-3-2-6-14(16)9-10-18-17/h2-8,11,17-18H,9-10,12H2,1H3. The maximum atomic E-state index is 5.92. The van der Waals surface area contributed by atoms with Crippen molar-refractivity contribution in [3.05, 3.63) is 65.2 Å². The molecule has 0 radical (unpaired) electrons. The SMILES string of the molecule is Cc1cccc(OCC2NCCc3ccccc32)c1. The average molecular weight is 253 g/mol. The van der Waals surface area contributed by atoms with Crippen molar-refractivity contribution in [2.75, 3.05) is 13.2 Å². The van der Waals surface area contributed by atoms with Crippen LogP contribution in [0.25, 0.3) is 0 Å². The van der Waals surface area contributed by atoms with Gasteiger partial charge in [0.05, 0.1) is 6.04 Å². The zero-order valence-corrected chi connectivity index (χ0v) is 11.2. The highest BCUT2D eigenvalue weighted by atomic mass is 16.5. The second-order valence-electron chi connectivity index (χ2n) is 5.08. The highest BCUT2D eigenvalue weighted by Gasteiger charge is 2.19. The summed E-state index contributed by atoms with van der Waals surface area (Å²) in [6.45, 7) is 3.79. The van der Waals surface area contributed by atoms with E-state index >= 15 is 0 Å². The van der Waals surface area contributed by atoms with Gasteiger partial charge in [-0.25, -0.2) is 0 Å². The first-order chi connectivity index (χ1) is 9.33. The molecule has 0 saturated carbocycles. The molecule has 0 saturated heterocycles. The Bertz CT molecular complexity index is 565. The maximum Gasteiger partial charge on any atom is 0.119 e. The van der Waals surface area contributed by atoms with Gasteiger partial charge in [-0.3, -0.25) is 0 Å². The molecule has 1 N–H and O–H groups in total. The van der Waals surface area contributed by atoms with Crippen molar-refractivity contribution in [1.29, 1.82) is 0 Å². The predicted molar refractivity (Wildman–Crippen MR) is 77.6 cm³/mol. The van der Waals surface area contributed by atoms with Crippen LogP contribution in [0, 0.1) is 6.92 Å². The Kier molecular flexibility index (Phi) is 3.51. The van der Waals surface area contributed by atoms with Gasteiger partial charge in [0.1, 0.15) is 12.4 Å². The number of ether oxygens (including phenoxy) is 1. The van der Waals surface area contributed by atoms with Gasteiger partial charge in [-0.15, -0.1) is 0 Å². The third-order valence-corrected chi connectivity index (χ3v) is 3.62. The number of hydrogen-bond donors (Lipinski definition) is 1. The molecule has 0 amide bonds. The molecule has 1 heterocycles. The number of fused-ring (bicyclic) bond motifs is 1. The van der Waals surface area contributed by atoms with Gasteiger partial charge < -0.3 is 10.1 Å². The Labute approximate surface area is 114 Å². The largest absolute Gasteiger partial charge is 0.492 e. The van der Waals surface area contributed by atoms with Crippen molar-refractivity contribution in [2.45, 2.75) is 19.4 Å². The molecule has 2 aromatic rings. The normalized spacial score (nSPS) is 17.8. The van der Waals surface area contributed by atoms with Crippen LogP contribution in [0.1, 0.15) is 22.7 Å². The van der Waals surface area contributed by atoms with Gasteiger partial charge in [-0.1, -0.05) is 36.4 Å². The number of hydrogen-bond acceptors (Lipinski definition) is 2. The monoisotopic (exact) mass is 253 g/mol. The molecule has 19 heavy (non-hydrogen) atoms. The Morgan fingerprint density at radius 2 is 2.05 bits per heavy atom. The third kappa shape index (κ3) is 2.79. The molecule has 1 atom stereocenters. The molecule has 1 aliphatic heterocycles. The lowest BCUT2D eigenvalue weighted by molar-refractivity contribution is 0.261. The molecule has 2 nitrogen and oxygen atoms in total. The summed E-state index contributed by atoms with van der Waals surface area (Å²) in [7, 11) is 0. The van der Waals surface area contributed by atoms with E-state index in [4.69, 9.17) is 4.74 Å². The van der Waals surface area contributed by atoms with E-state index < -0.39 is 0 Å². The van der Waals surface area contributed by atoms with Crippen LogP contribution in [0.5, 0.6) is 5.75 Å². The number of benzene rings is 2. The van der Waals surface area contributed by atoms with Crippen LogP contribution in [0.2, 0.25) is 0 Å². The minimum atomic E-state index is 0.297. The van der Waals surface area contributed by atoms with Crippen LogP contribution < -0.4 is 10.1 Å². The zero-order valence-electron chi connectivity index (χ0n) is 11.2. The van der Waals surface area contributed by atoms with Crippen molar-refractivity contribution in [2.24, 2.45) is 0 Å². The van der Waals surface area contributed by atoms with Gasteiger partial charge in [0, 0.05) is 0 Å². The fraction of sp³-hybridized carbons (Fsp3) is 0.294. The fourth-order valence-electron chi connectivity index (χ4n) is 2.63. The summed E-state index contributed by atoms with van der Waals surface area (Å²) in [5.41, 5.74) is 4.05. The van der Waals surface area contributed by atoms with Crippen LogP contribution in [-0.2, 0) is 6.42 Å². The van der Waals surface area contributed by atoms with E-state index in [2.05, 4.69) is 48.6 Å².